The van der Waals surface area contributed by atoms with Crippen molar-refractivity contribution in [1.82, 2.24) is 0 Å². The Bertz CT molecular complexity index is 582. The van der Waals surface area contributed by atoms with Gasteiger partial charge >= 0.3 is 0 Å². The molecule has 0 aliphatic heterocycles. The summed E-state index contributed by atoms with van der Waals surface area (Å²) in [6.07, 6.45) is 0.816. The van der Waals surface area contributed by atoms with Crippen molar-refractivity contribution < 1.29 is 13.9 Å². The fraction of sp³-hybridized carbons (Fsp3) is 0.188. The molecule has 0 fully saturated rings. The number of ether oxygens (including phenoxy) is 1. The van der Waals surface area contributed by atoms with E-state index in [-0.39, 0.29) is 5.82 Å². The summed E-state index contributed by atoms with van der Waals surface area (Å²) in [6.45, 7) is 4.09. The van der Waals surface area contributed by atoms with Crippen molar-refractivity contribution in [3.8, 4) is 5.75 Å². The van der Waals surface area contributed by atoms with Gasteiger partial charge in [0.25, 0.3) is 0 Å². The molecule has 2 aromatic rings. The number of benzene rings is 2. The highest BCUT2D eigenvalue weighted by Crippen LogP contribution is 2.25. The van der Waals surface area contributed by atoms with E-state index in [1.54, 1.807) is 18.2 Å². The summed E-state index contributed by atoms with van der Waals surface area (Å²) < 4.78 is 18.8. The van der Waals surface area contributed by atoms with E-state index in [0.717, 1.165) is 28.7 Å². The summed E-state index contributed by atoms with van der Waals surface area (Å²) >= 11 is 0. The minimum absolute atomic E-state index is 0.272. The smallest absolute Gasteiger partial charge is 0.150 e. The van der Waals surface area contributed by atoms with Gasteiger partial charge in [0.1, 0.15) is 24.5 Å². The summed E-state index contributed by atoms with van der Waals surface area (Å²) in [5.74, 6) is 0.473. The maximum absolute atomic E-state index is 13.1. The largest absolute Gasteiger partial charge is 0.488 e. The van der Waals surface area contributed by atoms with Crippen LogP contribution >= 0.6 is 0 Å². The summed E-state index contributed by atoms with van der Waals surface area (Å²) in [5, 5.41) is 0. The molecular formula is C16H15FO2. The molecule has 0 heterocycles. The highest BCUT2D eigenvalue weighted by molar-refractivity contribution is 5.76. The lowest BCUT2D eigenvalue weighted by molar-refractivity contribution is 0.112. The molecule has 0 saturated heterocycles. The molecule has 0 N–H and O–H groups in total. The van der Waals surface area contributed by atoms with Gasteiger partial charge in [-0.25, -0.2) is 4.39 Å². The van der Waals surface area contributed by atoms with E-state index in [9.17, 15) is 9.18 Å². The Hall–Kier alpha value is -2.16. The van der Waals surface area contributed by atoms with Crippen LogP contribution in [0, 0.1) is 19.7 Å². The maximum Gasteiger partial charge on any atom is 0.150 e. The number of hydrogen-bond acceptors (Lipinski definition) is 2. The molecule has 0 amide bonds. The van der Waals surface area contributed by atoms with Crippen LogP contribution in [0.4, 0.5) is 4.39 Å². The first-order valence-electron chi connectivity index (χ1n) is 6.04. The molecule has 2 nitrogen and oxygen atoms in total. The first-order valence-corrected chi connectivity index (χ1v) is 6.04. The Balaban J connectivity index is 2.18. The van der Waals surface area contributed by atoms with Crippen molar-refractivity contribution in [3.63, 3.8) is 0 Å². The third kappa shape index (κ3) is 3.19. The molecule has 0 unspecified atom stereocenters. The van der Waals surface area contributed by atoms with Crippen LogP contribution in [-0.4, -0.2) is 6.29 Å². The van der Waals surface area contributed by atoms with Crippen LogP contribution in [0.2, 0.25) is 0 Å². The Morgan fingerprint density at radius 3 is 2.42 bits per heavy atom. The topological polar surface area (TPSA) is 26.3 Å². The second kappa shape index (κ2) is 5.65. The molecule has 0 atom stereocenters. The summed E-state index contributed by atoms with van der Waals surface area (Å²) in [4.78, 5) is 10.8. The minimum atomic E-state index is -0.272. The van der Waals surface area contributed by atoms with Gasteiger partial charge in [0, 0.05) is 5.56 Å². The van der Waals surface area contributed by atoms with Gasteiger partial charge in [-0.2, -0.15) is 0 Å². The summed E-state index contributed by atoms with van der Waals surface area (Å²) in [5.41, 5.74) is 3.21. The molecule has 0 saturated carbocycles. The Labute approximate surface area is 111 Å². The van der Waals surface area contributed by atoms with Crippen LogP contribution in [0.1, 0.15) is 27.0 Å². The van der Waals surface area contributed by atoms with Crippen molar-refractivity contribution in [1.29, 1.82) is 0 Å². The lowest BCUT2D eigenvalue weighted by atomic mass is 10.1. The van der Waals surface area contributed by atoms with Crippen LogP contribution in [0.25, 0.3) is 0 Å². The second-order valence-corrected chi connectivity index (χ2v) is 4.52. The van der Waals surface area contributed by atoms with Gasteiger partial charge in [0.15, 0.2) is 0 Å². The Morgan fingerprint density at radius 1 is 1.16 bits per heavy atom. The molecule has 0 bridgehead atoms. The van der Waals surface area contributed by atoms with Gasteiger partial charge in [0.05, 0.1) is 0 Å². The zero-order valence-corrected chi connectivity index (χ0v) is 10.9. The third-order valence-electron chi connectivity index (χ3n) is 2.89. The fourth-order valence-corrected chi connectivity index (χ4v) is 2.06. The number of halogens is 1. The first-order chi connectivity index (χ1) is 9.10. The predicted molar refractivity (Wildman–Crippen MR) is 72.0 cm³/mol. The van der Waals surface area contributed by atoms with Crippen molar-refractivity contribution in [2.45, 2.75) is 20.5 Å². The van der Waals surface area contributed by atoms with Gasteiger partial charge in [-0.3, -0.25) is 4.79 Å². The summed E-state index contributed by atoms with van der Waals surface area (Å²) in [7, 11) is 0. The minimum Gasteiger partial charge on any atom is -0.488 e. The van der Waals surface area contributed by atoms with E-state index in [2.05, 4.69) is 0 Å². The van der Waals surface area contributed by atoms with Gasteiger partial charge in [-0.15, -0.1) is 0 Å². The van der Waals surface area contributed by atoms with Crippen molar-refractivity contribution in [3.05, 3.63) is 64.5 Å². The maximum atomic E-state index is 13.1. The second-order valence-electron chi connectivity index (χ2n) is 4.52. The van der Waals surface area contributed by atoms with Crippen molar-refractivity contribution in [2.75, 3.05) is 0 Å². The van der Waals surface area contributed by atoms with Crippen LogP contribution in [0.15, 0.2) is 36.4 Å². The SMILES string of the molecule is Cc1cc(C=O)cc(C)c1OCc1cccc(F)c1. The molecule has 0 radical (unpaired) electrons. The van der Waals surface area contributed by atoms with Crippen LogP contribution < -0.4 is 4.74 Å². The molecule has 3 heteroatoms. The molecule has 0 aromatic heterocycles. The molecule has 2 rings (SSSR count). The lowest BCUT2D eigenvalue weighted by Crippen LogP contribution is -2.00. The van der Waals surface area contributed by atoms with E-state index in [1.807, 2.05) is 19.9 Å². The molecular weight excluding hydrogens is 243 g/mol. The van der Waals surface area contributed by atoms with Gasteiger partial charge in [-0.05, 0) is 54.8 Å². The van der Waals surface area contributed by atoms with E-state index < -0.39 is 0 Å². The van der Waals surface area contributed by atoms with Gasteiger partial charge in [-0.1, -0.05) is 12.1 Å². The normalized spacial score (nSPS) is 10.3. The third-order valence-corrected chi connectivity index (χ3v) is 2.89. The molecule has 19 heavy (non-hydrogen) atoms. The van der Waals surface area contributed by atoms with E-state index in [4.69, 9.17) is 4.74 Å². The number of aryl methyl sites for hydroxylation is 2. The van der Waals surface area contributed by atoms with Gasteiger partial charge < -0.3 is 4.74 Å². The number of carbonyl (C=O) groups excluding carboxylic acids is 1. The van der Waals surface area contributed by atoms with Crippen molar-refractivity contribution in [2.24, 2.45) is 0 Å². The monoisotopic (exact) mass is 258 g/mol. The number of aldehydes is 1. The van der Waals surface area contributed by atoms with Crippen LogP contribution in [0.5, 0.6) is 5.75 Å². The quantitative estimate of drug-likeness (QED) is 0.779. The van der Waals surface area contributed by atoms with Crippen molar-refractivity contribution >= 4 is 6.29 Å². The molecule has 0 aliphatic rings. The van der Waals surface area contributed by atoms with E-state index in [0.29, 0.717) is 12.2 Å². The standard InChI is InChI=1S/C16H15FO2/c1-11-6-14(9-18)7-12(2)16(11)19-10-13-4-3-5-15(17)8-13/h3-9H,10H2,1-2H3. The van der Waals surface area contributed by atoms with Gasteiger partial charge in [0.2, 0.25) is 0 Å². The fourth-order valence-electron chi connectivity index (χ4n) is 2.06. The molecule has 0 spiro atoms. The number of rotatable bonds is 4. The lowest BCUT2D eigenvalue weighted by Gasteiger charge is -2.13. The average molecular weight is 258 g/mol. The molecule has 98 valence electrons. The Morgan fingerprint density at radius 2 is 1.84 bits per heavy atom. The van der Waals surface area contributed by atoms with Crippen LogP contribution in [0.3, 0.4) is 0 Å². The zero-order chi connectivity index (χ0) is 13.8. The zero-order valence-electron chi connectivity index (χ0n) is 10.9. The molecule has 2 aromatic carbocycles. The average Bonchev–Trinajstić information content (AvgIpc) is 2.37. The Kier molecular flexibility index (Phi) is 3.95. The predicted octanol–water partition coefficient (Wildman–Crippen LogP) is 3.83. The first kappa shape index (κ1) is 13.3. The highest BCUT2D eigenvalue weighted by atomic mass is 19.1. The highest BCUT2D eigenvalue weighted by Gasteiger charge is 2.07. The van der Waals surface area contributed by atoms with Crippen LogP contribution in [-0.2, 0) is 6.61 Å². The van der Waals surface area contributed by atoms with E-state index in [1.165, 1.54) is 12.1 Å². The number of hydrogen-bond donors (Lipinski definition) is 0. The molecule has 0 aliphatic carbocycles. The number of carbonyl (C=O) groups is 1. The summed E-state index contributed by atoms with van der Waals surface area (Å²) in [6, 6.07) is 9.88. The van der Waals surface area contributed by atoms with E-state index >= 15 is 0 Å².